The van der Waals surface area contributed by atoms with Crippen LogP contribution in [0.3, 0.4) is 0 Å². The SMILES string of the molecule is O=C(c1cn[nH]c1-c1ccccc1)N1CCCC[C@@H]1c1cccc(F)c1. The number of aromatic nitrogens is 2. The highest BCUT2D eigenvalue weighted by atomic mass is 19.1. The van der Waals surface area contributed by atoms with E-state index in [9.17, 15) is 9.18 Å². The van der Waals surface area contributed by atoms with E-state index in [1.807, 2.05) is 41.3 Å². The molecule has 1 aromatic heterocycles. The van der Waals surface area contributed by atoms with Gasteiger partial charge in [-0.3, -0.25) is 9.89 Å². The molecular weight excluding hydrogens is 329 g/mol. The molecule has 1 aliphatic heterocycles. The number of rotatable bonds is 3. The Bertz CT molecular complexity index is 906. The molecule has 0 spiro atoms. The Kier molecular flexibility index (Phi) is 4.52. The highest BCUT2D eigenvalue weighted by Gasteiger charge is 2.30. The molecule has 1 fully saturated rings. The van der Waals surface area contributed by atoms with Gasteiger partial charge in [0.15, 0.2) is 0 Å². The zero-order valence-corrected chi connectivity index (χ0v) is 14.4. The van der Waals surface area contributed by atoms with Crippen LogP contribution in [0.5, 0.6) is 0 Å². The number of piperidine rings is 1. The number of likely N-dealkylation sites (tertiary alicyclic amines) is 1. The van der Waals surface area contributed by atoms with Gasteiger partial charge in [0.1, 0.15) is 5.82 Å². The first-order valence-electron chi connectivity index (χ1n) is 8.89. The highest BCUT2D eigenvalue weighted by Crippen LogP contribution is 2.33. The van der Waals surface area contributed by atoms with Gasteiger partial charge in [0.05, 0.1) is 23.5 Å². The lowest BCUT2D eigenvalue weighted by Crippen LogP contribution is -2.38. The molecule has 1 amide bonds. The summed E-state index contributed by atoms with van der Waals surface area (Å²) in [5.41, 5.74) is 3.05. The average Bonchev–Trinajstić information content (AvgIpc) is 3.18. The van der Waals surface area contributed by atoms with Crippen LogP contribution in [0.1, 0.15) is 41.2 Å². The fourth-order valence-electron chi connectivity index (χ4n) is 3.66. The lowest BCUT2D eigenvalue weighted by atomic mass is 9.94. The van der Waals surface area contributed by atoms with Crippen molar-refractivity contribution < 1.29 is 9.18 Å². The maximum Gasteiger partial charge on any atom is 0.258 e. The molecule has 1 N–H and O–H groups in total. The van der Waals surface area contributed by atoms with E-state index in [1.54, 1.807) is 12.3 Å². The highest BCUT2D eigenvalue weighted by molar-refractivity contribution is 6.00. The summed E-state index contributed by atoms with van der Waals surface area (Å²) in [4.78, 5) is 15.2. The number of hydrogen-bond donors (Lipinski definition) is 1. The van der Waals surface area contributed by atoms with Crippen LogP contribution in [0.15, 0.2) is 60.8 Å². The van der Waals surface area contributed by atoms with E-state index in [1.165, 1.54) is 12.1 Å². The number of hydrogen-bond acceptors (Lipinski definition) is 2. The quantitative estimate of drug-likeness (QED) is 0.752. The molecule has 5 heteroatoms. The summed E-state index contributed by atoms with van der Waals surface area (Å²) in [7, 11) is 0. The first kappa shape index (κ1) is 16.5. The van der Waals surface area contributed by atoms with Gasteiger partial charge in [-0.25, -0.2) is 4.39 Å². The van der Waals surface area contributed by atoms with E-state index in [0.717, 1.165) is 36.1 Å². The second-order valence-electron chi connectivity index (χ2n) is 6.59. The summed E-state index contributed by atoms with van der Waals surface area (Å²) in [5.74, 6) is -0.333. The van der Waals surface area contributed by atoms with Crippen LogP contribution in [0, 0.1) is 5.82 Å². The van der Waals surface area contributed by atoms with Crippen LogP contribution >= 0.6 is 0 Å². The zero-order valence-electron chi connectivity index (χ0n) is 14.4. The number of benzene rings is 2. The second kappa shape index (κ2) is 7.12. The summed E-state index contributed by atoms with van der Waals surface area (Å²) in [5, 5.41) is 7.04. The van der Waals surface area contributed by atoms with Gasteiger partial charge >= 0.3 is 0 Å². The minimum Gasteiger partial charge on any atom is -0.331 e. The van der Waals surface area contributed by atoms with Crippen molar-refractivity contribution in [3.8, 4) is 11.3 Å². The van der Waals surface area contributed by atoms with Gasteiger partial charge in [-0.2, -0.15) is 5.10 Å². The Labute approximate surface area is 151 Å². The second-order valence-corrected chi connectivity index (χ2v) is 6.59. The predicted octanol–water partition coefficient (Wildman–Crippen LogP) is 4.58. The van der Waals surface area contributed by atoms with Crippen molar-refractivity contribution in [3.63, 3.8) is 0 Å². The third-order valence-electron chi connectivity index (χ3n) is 4.93. The zero-order chi connectivity index (χ0) is 17.9. The Morgan fingerprint density at radius 2 is 1.96 bits per heavy atom. The van der Waals surface area contributed by atoms with Gasteiger partial charge in [0.25, 0.3) is 5.91 Å². The normalized spacial score (nSPS) is 17.3. The number of amides is 1. The lowest BCUT2D eigenvalue weighted by molar-refractivity contribution is 0.0612. The topological polar surface area (TPSA) is 49.0 Å². The molecule has 3 aromatic rings. The summed E-state index contributed by atoms with van der Waals surface area (Å²) in [6.45, 7) is 0.666. The van der Waals surface area contributed by atoms with Gasteiger partial charge in [-0.15, -0.1) is 0 Å². The first-order valence-corrected chi connectivity index (χ1v) is 8.89. The minimum atomic E-state index is -0.270. The predicted molar refractivity (Wildman–Crippen MR) is 98.1 cm³/mol. The van der Waals surface area contributed by atoms with E-state index in [2.05, 4.69) is 10.2 Å². The fraction of sp³-hybridized carbons (Fsp3) is 0.238. The largest absolute Gasteiger partial charge is 0.331 e. The van der Waals surface area contributed by atoms with E-state index < -0.39 is 0 Å². The van der Waals surface area contributed by atoms with Crippen molar-refractivity contribution in [1.82, 2.24) is 15.1 Å². The molecule has 4 rings (SSSR count). The van der Waals surface area contributed by atoms with E-state index in [0.29, 0.717) is 12.1 Å². The van der Waals surface area contributed by atoms with E-state index >= 15 is 0 Å². The molecule has 0 radical (unpaired) electrons. The average molecular weight is 349 g/mol. The molecule has 4 nitrogen and oxygen atoms in total. The van der Waals surface area contributed by atoms with Crippen LogP contribution in [0.2, 0.25) is 0 Å². The smallest absolute Gasteiger partial charge is 0.258 e. The first-order chi connectivity index (χ1) is 12.7. The minimum absolute atomic E-state index is 0.0634. The summed E-state index contributed by atoms with van der Waals surface area (Å²) in [6, 6.07) is 16.2. The summed E-state index contributed by atoms with van der Waals surface area (Å²) >= 11 is 0. The van der Waals surface area contributed by atoms with Gasteiger partial charge in [-0.05, 0) is 37.0 Å². The van der Waals surface area contributed by atoms with Gasteiger partial charge in [0.2, 0.25) is 0 Å². The molecular formula is C21H20FN3O. The maximum atomic E-state index is 13.7. The van der Waals surface area contributed by atoms with Gasteiger partial charge in [-0.1, -0.05) is 42.5 Å². The Morgan fingerprint density at radius 1 is 1.12 bits per heavy atom. The Morgan fingerprint density at radius 3 is 2.77 bits per heavy atom. The van der Waals surface area contributed by atoms with Crippen LogP contribution in [-0.4, -0.2) is 27.5 Å². The van der Waals surface area contributed by atoms with E-state index in [-0.39, 0.29) is 17.8 Å². The number of halogens is 1. The molecule has 26 heavy (non-hydrogen) atoms. The molecule has 1 atom stereocenters. The number of carbonyl (C=O) groups is 1. The fourth-order valence-corrected chi connectivity index (χ4v) is 3.66. The molecule has 1 aliphatic rings. The number of H-pyrrole nitrogens is 1. The molecule has 0 unspecified atom stereocenters. The van der Waals surface area contributed by atoms with Crippen molar-refractivity contribution in [2.24, 2.45) is 0 Å². The standard InChI is InChI=1S/C21H20FN3O/c22-17-10-6-9-16(13-17)19-11-4-5-12-25(19)21(26)18-14-23-24-20(18)15-7-2-1-3-8-15/h1-3,6-10,13-14,19H,4-5,11-12H2,(H,23,24)/t19-/m1/s1. The summed E-state index contributed by atoms with van der Waals surface area (Å²) in [6.07, 6.45) is 4.41. The molecule has 0 saturated carbocycles. The summed E-state index contributed by atoms with van der Waals surface area (Å²) < 4.78 is 13.7. The number of nitrogens with one attached hydrogen (secondary N) is 1. The molecule has 0 aliphatic carbocycles. The van der Waals surface area contributed by atoms with Crippen molar-refractivity contribution in [2.45, 2.75) is 25.3 Å². The molecule has 0 bridgehead atoms. The van der Waals surface area contributed by atoms with Crippen molar-refractivity contribution in [1.29, 1.82) is 0 Å². The monoisotopic (exact) mass is 349 g/mol. The molecule has 1 saturated heterocycles. The van der Waals surface area contributed by atoms with Crippen LogP contribution in [0.4, 0.5) is 4.39 Å². The van der Waals surface area contributed by atoms with Crippen LogP contribution in [0.25, 0.3) is 11.3 Å². The van der Waals surface area contributed by atoms with Crippen molar-refractivity contribution in [2.75, 3.05) is 6.54 Å². The van der Waals surface area contributed by atoms with E-state index in [4.69, 9.17) is 0 Å². The van der Waals surface area contributed by atoms with Crippen LogP contribution < -0.4 is 0 Å². The molecule has 132 valence electrons. The van der Waals surface area contributed by atoms with Crippen LogP contribution in [-0.2, 0) is 0 Å². The maximum absolute atomic E-state index is 13.7. The molecule has 2 heterocycles. The van der Waals surface area contributed by atoms with Crippen molar-refractivity contribution >= 4 is 5.91 Å². The van der Waals surface area contributed by atoms with Gasteiger partial charge < -0.3 is 4.90 Å². The van der Waals surface area contributed by atoms with Crippen molar-refractivity contribution in [3.05, 3.63) is 77.7 Å². The Hall–Kier alpha value is -2.95. The number of aromatic amines is 1. The third kappa shape index (κ3) is 3.12. The number of carbonyl (C=O) groups excluding carboxylic acids is 1. The lowest BCUT2D eigenvalue weighted by Gasteiger charge is -2.36. The number of nitrogens with zero attached hydrogens (tertiary/aromatic N) is 2. The third-order valence-corrected chi connectivity index (χ3v) is 4.93. The Balaban J connectivity index is 1.68. The molecule has 2 aromatic carbocycles. The van der Waals surface area contributed by atoms with Gasteiger partial charge in [0, 0.05) is 12.1 Å².